The Bertz CT molecular complexity index is 831. The summed E-state index contributed by atoms with van der Waals surface area (Å²) in [5, 5.41) is 0. The summed E-state index contributed by atoms with van der Waals surface area (Å²) in [6.07, 6.45) is 2.88. The van der Waals surface area contributed by atoms with Gasteiger partial charge in [0.2, 0.25) is 0 Å². The van der Waals surface area contributed by atoms with Gasteiger partial charge >= 0.3 is 5.97 Å². The van der Waals surface area contributed by atoms with E-state index in [1.807, 2.05) is 38.7 Å². The van der Waals surface area contributed by atoms with Gasteiger partial charge in [0.25, 0.3) is 5.91 Å². The smallest absolute Gasteiger partial charge is 0.340 e. The van der Waals surface area contributed by atoms with Crippen LogP contribution in [0.15, 0.2) is 30.3 Å². The average Bonchev–Trinajstić information content (AvgIpc) is 2.96. The molecule has 0 saturated carbocycles. The molecular formula is C23H30N2O3. The van der Waals surface area contributed by atoms with E-state index in [1.54, 1.807) is 0 Å². The van der Waals surface area contributed by atoms with Gasteiger partial charge in [-0.2, -0.15) is 0 Å². The monoisotopic (exact) mass is 382 g/mol. The van der Waals surface area contributed by atoms with Crippen LogP contribution < -0.4 is 0 Å². The number of carbonyl (C=O) groups excluding carboxylic acids is 2. The maximum absolute atomic E-state index is 13.0. The summed E-state index contributed by atoms with van der Waals surface area (Å²) in [6, 6.07) is 10.5. The number of carbonyl (C=O) groups is 2. The Hall–Kier alpha value is -2.56. The van der Waals surface area contributed by atoms with Crippen LogP contribution in [0.5, 0.6) is 0 Å². The Balaban J connectivity index is 1.64. The van der Waals surface area contributed by atoms with Gasteiger partial charge in [-0.3, -0.25) is 4.79 Å². The van der Waals surface area contributed by atoms with Crippen molar-refractivity contribution in [2.75, 3.05) is 13.1 Å². The van der Waals surface area contributed by atoms with E-state index in [2.05, 4.69) is 29.2 Å². The molecule has 150 valence electrons. The lowest BCUT2D eigenvalue weighted by atomic mass is 9.90. The fraction of sp³-hybridized carbons (Fsp3) is 0.478. The average molecular weight is 383 g/mol. The summed E-state index contributed by atoms with van der Waals surface area (Å²) in [5.41, 5.74) is 3.71. The topological polar surface area (TPSA) is 62.4 Å². The number of likely N-dealkylation sites (tertiary alicyclic amines) is 1. The number of hydrogen-bond acceptors (Lipinski definition) is 3. The second-order valence-electron chi connectivity index (χ2n) is 8.00. The Morgan fingerprint density at radius 1 is 1.14 bits per heavy atom. The minimum atomic E-state index is -0.373. The highest BCUT2D eigenvalue weighted by Gasteiger charge is 2.29. The molecule has 0 aliphatic carbocycles. The van der Waals surface area contributed by atoms with Gasteiger partial charge in [-0.15, -0.1) is 0 Å². The predicted octanol–water partition coefficient (Wildman–Crippen LogP) is 4.29. The van der Waals surface area contributed by atoms with Gasteiger partial charge < -0.3 is 14.6 Å². The summed E-state index contributed by atoms with van der Waals surface area (Å²) in [4.78, 5) is 30.4. The number of nitrogens with zero attached hydrogens (tertiary/aromatic N) is 1. The molecule has 1 aromatic heterocycles. The predicted molar refractivity (Wildman–Crippen MR) is 110 cm³/mol. The van der Waals surface area contributed by atoms with Crippen LogP contribution in [0.25, 0.3) is 0 Å². The first-order chi connectivity index (χ1) is 13.4. The van der Waals surface area contributed by atoms with Gasteiger partial charge in [0.1, 0.15) is 5.69 Å². The van der Waals surface area contributed by atoms with Crippen LogP contribution in [0.1, 0.15) is 64.4 Å². The maximum atomic E-state index is 13.0. The number of amides is 1. The number of aryl methyl sites for hydroxylation is 1. The van der Waals surface area contributed by atoms with Crippen molar-refractivity contribution in [3.8, 4) is 0 Å². The van der Waals surface area contributed by atoms with E-state index in [9.17, 15) is 9.59 Å². The van der Waals surface area contributed by atoms with Crippen molar-refractivity contribution in [1.82, 2.24) is 9.88 Å². The van der Waals surface area contributed by atoms with E-state index in [0.29, 0.717) is 28.4 Å². The lowest BCUT2D eigenvalue weighted by molar-refractivity contribution is 0.0376. The van der Waals surface area contributed by atoms with E-state index in [0.717, 1.165) is 32.4 Å². The lowest BCUT2D eigenvalue weighted by Crippen LogP contribution is -2.39. The van der Waals surface area contributed by atoms with E-state index in [1.165, 1.54) is 5.56 Å². The van der Waals surface area contributed by atoms with Crippen LogP contribution in [0.2, 0.25) is 0 Å². The van der Waals surface area contributed by atoms with Gasteiger partial charge in [-0.25, -0.2) is 4.79 Å². The number of benzene rings is 1. The standard InChI is InChI=1S/C23H30N2O3/c1-15(2)28-23(27)20-16(3)21(24-17(20)4)22(26)25-12-10-19(11-13-25)14-18-8-6-5-7-9-18/h5-9,15,19,24H,10-14H2,1-4H3. The van der Waals surface area contributed by atoms with Gasteiger partial charge in [0.15, 0.2) is 0 Å². The zero-order valence-corrected chi connectivity index (χ0v) is 17.2. The van der Waals surface area contributed by atoms with Crippen LogP contribution in [0.4, 0.5) is 0 Å². The van der Waals surface area contributed by atoms with Gasteiger partial charge in [-0.05, 0) is 64.0 Å². The molecule has 1 saturated heterocycles. The number of piperidine rings is 1. The van der Waals surface area contributed by atoms with Gasteiger partial charge in [-0.1, -0.05) is 30.3 Å². The molecule has 3 rings (SSSR count). The van der Waals surface area contributed by atoms with Crippen molar-refractivity contribution in [3.05, 3.63) is 58.4 Å². The highest BCUT2D eigenvalue weighted by atomic mass is 16.5. The van der Waals surface area contributed by atoms with E-state index < -0.39 is 0 Å². The van der Waals surface area contributed by atoms with Crippen LogP contribution in [0, 0.1) is 19.8 Å². The summed E-state index contributed by atoms with van der Waals surface area (Å²) < 4.78 is 5.32. The first kappa shape index (κ1) is 20.2. The lowest BCUT2D eigenvalue weighted by Gasteiger charge is -2.32. The molecule has 0 unspecified atom stereocenters. The molecular weight excluding hydrogens is 352 g/mol. The number of H-pyrrole nitrogens is 1. The third kappa shape index (κ3) is 4.46. The molecule has 1 aliphatic rings. The molecule has 0 spiro atoms. The fourth-order valence-electron chi connectivity index (χ4n) is 3.99. The number of rotatable bonds is 5. The number of esters is 1. The van der Waals surface area contributed by atoms with Crippen LogP contribution in [-0.2, 0) is 11.2 Å². The first-order valence-corrected chi connectivity index (χ1v) is 10.1. The molecule has 2 aromatic rings. The van der Waals surface area contributed by atoms with E-state index >= 15 is 0 Å². The third-order valence-corrected chi connectivity index (χ3v) is 5.47. The van der Waals surface area contributed by atoms with E-state index in [4.69, 9.17) is 4.74 Å². The van der Waals surface area contributed by atoms with Crippen LogP contribution >= 0.6 is 0 Å². The molecule has 0 atom stereocenters. The van der Waals surface area contributed by atoms with Crippen LogP contribution in [-0.4, -0.2) is 41.0 Å². The first-order valence-electron chi connectivity index (χ1n) is 10.1. The molecule has 1 N–H and O–H groups in total. The minimum Gasteiger partial charge on any atom is -0.459 e. The van der Waals surface area contributed by atoms with Crippen molar-refractivity contribution in [2.45, 2.75) is 53.1 Å². The largest absolute Gasteiger partial charge is 0.459 e. The molecule has 5 nitrogen and oxygen atoms in total. The SMILES string of the molecule is Cc1[nH]c(C(=O)N2CCC(Cc3ccccc3)CC2)c(C)c1C(=O)OC(C)C. The molecule has 2 heterocycles. The Morgan fingerprint density at radius 2 is 1.79 bits per heavy atom. The van der Waals surface area contributed by atoms with Crippen molar-refractivity contribution < 1.29 is 14.3 Å². The van der Waals surface area contributed by atoms with Crippen molar-refractivity contribution in [2.24, 2.45) is 5.92 Å². The van der Waals surface area contributed by atoms with E-state index in [-0.39, 0.29) is 18.0 Å². The zero-order chi connectivity index (χ0) is 20.3. The Labute approximate surface area is 167 Å². The molecule has 5 heteroatoms. The highest BCUT2D eigenvalue weighted by Crippen LogP contribution is 2.25. The summed E-state index contributed by atoms with van der Waals surface area (Å²) in [5.74, 6) is 0.207. The molecule has 1 fully saturated rings. The molecule has 0 radical (unpaired) electrons. The highest BCUT2D eigenvalue weighted by molar-refractivity contribution is 6.00. The molecule has 1 aliphatic heterocycles. The molecule has 0 bridgehead atoms. The summed E-state index contributed by atoms with van der Waals surface area (Å²) >= 11 is 0. The zero-order valence-electron chi connectivity index (χ0n) is 17.2. The van der Waals surface area contributed by atoms with Gasteiger partial charge in [0.05, 0.1) is 11.7 Å². The fourth-order valence-corrected chi connectivity index (χ4v) is 3.99. The number of ether oxygens (including phenoxy) is 1. The molecule has 1 aromatic carbocycles. The quantitative estimate of drug-likeness (QED) is 0.785. The van der Waals surface area contributed by atoms with Crippen molar-refractivity contribution >= 4 is 11.9 Å². The summed E-state index contributed by atoms with van der Waals surface area (Å²) in [6.45, 7) is 8.77. The maximum Gasteiger partial charge on any atom is 0.340 e. The third-order valence-electron chi connectivity index (χ3n) is 5.47. The molecule has 28 heavy (non-hydrogen) atoms. The number of hydrogen-bond donors (Lipinski definition) is 1. The minimum absolute atomic E-state index is 0.0256. The Morgan fingerprint density at radius 3 is 2.39 bits per heavy atom. The number of aromatic amines is 1. The van der Waals surface area contributed by atoms with Crippen LogP contribution in [0.3, 0.4) is 0 Å². The second kappa shape index (κ2) is 8.63. The number of aromatic nitrogens is 1. The Kier molecular flexibility index (Phi) is 6.22. The van der Waals surface area contributed by atoms with Gasteiger partial charge in [0, 0.05) is 18.8 Å². The van der Waals surface area contributed by atoms with Crippen molar-refractivity contribution in [1.29, 1.82) is 0 Å². The summed E-state index contributed by atoms with van der Waals surface area (Å²) in [7, 11) is 0. The number of nitrogens with one attached hydrogen (secondary N) is 1. The normalized spacial score (nSPS) is 15.1. The van der Waals surface area contributed by atoms with Crippen molar-refractivity contribution in [3.63, 3.8) is 0 Å². The molecule has 1 amide bonds. The second-order valence-corrected chi connectivity index (χ2v) is 8.00.